The number of carbonyl (C=O) groups is 1. The van der Waals surface area contributed by atoms with Gasteiger partial charge in [0, 0.05) is 38.2 Å². The van der Waals surface area contributed by atoms with E-state index >= 15 is 0 Å². The summed E-state index contributed by atoms with van der Waals surface area (Å²) in [6.07, 6.45) is 0.986. The maximum atomic E-state index is 12.5. The van der Waals surface area contributed by atoms with E-state index in [4.69, 9.17) is 4.74 Å². The molecule has 1 aromatic carbocycles. The van der Waals surface area contributed by atoms with Gasteiger partial charge < -0.3 is 20.1 Å². The number of benzene rings is 1. The third-order valence-corrected chi connectivity index (χ3v) is 6.13. The Morgan fingerprint density at radius 2 is 2.04 bits per heavy atom. The number of aliphatic hydroxyl groups excluding tert-OH is 1. The lowest BCUT2D eigenvalue weighted by Gasteiger charge is -2.35. The number of nitrogens with one attached hydrogen (secondary N) is 2. The smallest absolute Gasteiger partial charge is 0.252 e. The Morgan fingerprint density at radius 3 is 2.75 bits per heavy atom. The van der Waals surface area contributed by atoms with Gasteiger partial charge in [-0.15, -0.1) is 0 Å². The lowest BCUT2D eigenvalue weighted by molar-refractivity contribution is -0.121. The van der Waals surface area contributed by atoms with Crippen LogP contribution in [0.1, 0.15) is 25.3 Å². The first kappa shape index (κ1) is 19.0. The van der Waals surface area contributed by atoms with Crippen LogP contribution in [-0.2, 0) is 11.3 Å². The second kappa shape index (κ2) is 7.56. The highest BCUT2D eigenvalue weighted by Crippen LogP contribution is 2.37. The Labute approximate surface area is 163 Å². The van der Waals surface area contributed by atoms with E-state index in [-0.39, 0.29) is 17.5 Å². The van der Waals surface area contributed by atoms with Crippen LogP contribution in [-0.4, -0.2) is 53.2 Å². The predicted molar refractivity (Wildman–Crippen MR) is 106 cm³/mol. The number of rotatable bonds is 4. The van der Waals surface area contributed by atoms with Gasteiger partial charge in [-0.25, -0.2) is 0 Å². The van der Waals surface area contributed by atoms with Crippen molar-refractivity contribution in [3.63, 3.8) is 0 Å². The van der Waals surface area contributed by atoms with Crippen molar-refractivity contribution in [1.82, 2.24) is 15.2 Å². The second-order valence-electron chi connectivity index (χ2n) is 8.14. The number of likely N-dealkylation sites (tertiary alicyclic amines) is 1. The van der Waals surface area contributed by atoms with Gasteiger partial charge in [0.05, 0.1) is 24.8 Å². The van der Waals surface area contributed by atoms with Crippen LogP contribution in [0.2, 0.25) is 0 Å². The Morgan fingerprint density at radius 1 is 1.29 bits per heavy atom. The minimum atomic E-state index is -0.496. The number of aliphatic hydroxyl groups is 1. The van der Waals surface area contributed by atoms with Crippen LogP contribution in [0.3, 0.4) is 0 Å². The molecule has 150 valence electrons. The van der Waals surface area contributed by atoms with Crippen LogP contribution in [0, 0.1) is 11.8 Å². The topological polar surface area (TPSA) is 94.7 Å². The molecule has 28 heavy (non-hydrogen) atoms. The van der Waals surface area contributed by atoms with Crippen molar-refractivity contribution >= 4 is 16.8 Å². The number of aromatic amines is 1. The molecule has 7 heteroatoms. The molecule has 1 aliphatic carbocycles. The summed E-state index contributed by atoms with van der Waals surface area (Å²) in [6, 6.07) is 7.45. The summed E-state index contributed by atoms with van der Waals surface area (Å²) in [4.78, 5) is 29.2. The number of H-pyrrole nitrogens is 1. The van der Waals surface area contributed by atoms with Crippen LogP contribution < -0.4 is 15.6 Å². The number of hydrogen-bond acceptors (Lipinski definition) is 5. The van der Waals surface area contributed by atoms with Gasteiger partial charge in [0.25, 0.3) is 5.56 Å². The molecule has 2 heterocycles. The zero-order chi connectivity index (χ0) is 19.8. The van der Waals surface area contributed by atoms with Crippen LogP contribution in [0.15, 0.2) is 29.1 Å². The molecule has 7 nitrogen and oxygen atoms in total. The number of aromatic nitrogens is 1. The lowest BCUT2D eigenvalue weighted by Crippen LogP contribution is -2.48. The molecule has 4 rings (SSSR count). The third kappa shape index (κ3) is 3.77. The molecule has 1 saturated carbocycles. The van der Waals surface area contributed by atoms with Gasteiger partial charge in [0.1, 0.15) is 5.75 Å². The van der Waals surface area contributed by atoms with Crippen molar-refractivity contribution in [1.29, 1.82) is 0 Å². The second-order valence-corrected chi connectivity index (χ2v) is 8.14. The molecule has 1 amide bonds. The number of amides is 1. The largest absolute Gasteiger partial charge is 0.497 e. The first-order valence-electron chi connectivity index (χ1n) is 9.80. The van der Waals surface area contributed by atoms with Crippen molar-refractivity contribution in [3.05, 3.63) is 40.2 Å². The first-order chi connectivity index (χ1) is 13.4. The number of ether oxygens (including phenoxy) is 1. The number of carbonyl (C=O) groups excluding carboxylic acids is 1. The van der Waals surface area contributed by atoms with E-state index in [9.17, 15) is 14.7 Å². The van der Waals surface area contributed by atoms with Crippen LogP contribution in [0.4, 0.5) is 0 Å². The monoisotopic (exact) mass is 385 g/mol. The summed E-state index contributed by atoms with van der Waals surface area (Å²) < 4.78 is 5.22. The number of hydrogen-bond donors (Lipinski definition) is 3. The summed E-state index contributed by atoms with van der Waals surface area (Å²) in [5.74, 6) is 1.45. The Bertz CT molecular complexity index is 941. The summed E-state index contributed by atoms with van der Waals surface area (Å²) in [6.45, 7) is 3.83. The molecule has 1 saturated heterocycles. The average Bonchev–Trinajstić information content (AvgIpc) is 3.02. The van der Waals surface area contributed by atoms with E-state index in [1.54, 1.807) is 7.11 Å². The summed E-state index contributed by atoms with van der Waals surface area (Å²) in [7, 11) is 1.61. The molecule has 2 aromatic rings. The average molecular weight is 385 g/mol. The predicted octanol–water partition coefficient (Wildman–Crippen LogP) is 1.24. The quantitative estimate of drug-likeness (QED) is 0.736. The molecule has 2 fully saturated rings. The van der Waals surface area contributed by atoms with Crippen molar-refractivity contribution in [2.24, 2.45) is 11.8 Å². The van der Waals surface area contributed by atoms with E-state index in [0.29, 0.717) is 30.6 Å². The highest BCUT2D eigenvalue weighted by Gasteiger charge is 2.41. The van der Waals surface area contributed by atoms with E-state index in [1.807, 2.05) is 24.3 Å². The summed E-state index contributed by atoms with van der Waals surface area (Å²) in [5.41, 5.74) is 1.44. The maximum absolute atomic E-state index is 12.5. The lowest BCUT2D eigenvalue weighted by atomic mass is 9.77. The Balaban J connectivity index is 1.48. The molecule has 0 radical (unpaired) electrons. The zero-order valence-electron chi connectivity index (χ0n) is 16.3. The maximum Gasteiger partial charge on any atom is 0.252 e. The minimum absolute atomic E-state index is 0.0771. The van der Waals surface area contributed by atoms with E-state index in [0.717, 1.165) is 36.0 Å². The molecule has 4 atom stereocenters. The number of pyridine rings is 1. The molecule has 0 unspecified atom stereocenters. The normalized spacial score (nSPS) is 27.5. The molecule has 0 bridgehead atoms. The van der Waals surface area contributed by atoms with Crippen molar-refractivity contribution < 1.29 is 14.6 Å². The minimum Gasteiger partial charge on any atom is -0.497 e. The molecular formula is C21H27N3O4. The third-order valence-electron chi connectivity index (χ3n) is 6.13. The molecule has 1 aliphatic heterocycles. The molecule has 3 N–H and O–H groups in total. The van der Waals surface area contributed by atoms with Gasteiger partial charge in [-0.05, 0) is 48.3 Å². The van der Waals surface area contributed by atoms with Gasteiger partial charge in [0.2, 0.25) is 5.91 Å². The van der Waals surface area contributed by atoms with Crippen molar-refractivity contribution in [2.75, 3.05) is 20.2 Å². The van der Waals surface area contributed by atoms with Crippen LogP contribution in [0.5, 0.6) is 5.75 Å². The van der Waals surface area contributed by atoms with Crippen molar-refractivity contribution in [3.8, 4) is 5.75 Å². The SMILES string of the molecule is COc1ccc2cc(CN3C[C@H]4C[C@@H](NC(C)=O)[C@H](O)C[C@H]4C3)c(=O)[nH]c2c1. The molecule has 2 aliphatic rings. The van der Waals surface area contributed by atoms with Crippen molar-refractivity contribution in [2.45, 2.75) is 38.5 Å². The summed E-state index contributed by atoms with van der Waals surface area (Å²) in [5, 5.41) is 14.2. The van der Waals surface area contributed by atoms with E-state index < -0.39 is 6.10 Å². The fourth-order valence-corrected chi connectivity index (χ4v) is 4.78. The summed E-state index contributed by atoms with van der Waals surface area (Å²) >= 11 is 0. The van der Waals surface area contributed by atoms with Crippen LogP contribution >= 0.6 is 0 Å². The first-order valence-corrected chi connectivity index (χ1v) is 9.80. The van der Waals surface area contributed by atoms with Gasteiger partial charge in [-0.2, -0.15) is 0 Å². The molecule has 0 spiro atoms. The highest BCUT2D eigenvalue weighted by atomic mass is 16.5. The zero-order valence-corrected chi connectivity index (χ0v) is 16.3. The van der Waals surface area contributed by atoms with Gasteiger partial charge in [-0.3, -0.25) is 14.5 Å². The fraction of sp³-hybridized carbons (Fsp3) is 0.524. The van der Waals surface area contributed by atoms with Gasteiger partial charge >= 0.3 is 0 Å². The van der Waals surface area contributed by atoms with Gasteiger partial charge in [-0.1, -0.05) is 0 Å². The standard InChI is InChI=1S/C21H27N3O4/c1-12(25)22-19-6-14-9-24(10-15(14)7-20(19)26)11-16-5-13-3-4-17(28-2)8-18(13)23-21(16)27/h3-5,8,14-15,19-20,26H,6-7,9-11H2,1-2H3,(H,22,25)(H,23,27)/t14-,15+,19-,20-/m1/s1. The Hall–Kier alpha value is -2.38. The molecule has 1 aromatic heterocycles. The number of methoxy groups -OCH3 is 1. The van der Waals surface area contributed by atoms with Crippen LogP contribution in [0.25, 0.3) is 10.9 Å². The number of nitrogens with zero attached hydrogens (tertiary/aromatic N) is 1. The highest BCUT2D eigenvalue weighted by molar-refractivity contribution is 5.80. The number of fused-ring (bicyclic) bond motifs is 2. The fourth-order valence-electron chi connectivity index (χ4n) is 4.78. The Kier molecular flexibility index (Phi) is 5.12. The molecular weight excluding hydrogens is 358 g/mol. The van der Waals surface area contributed by atoms with E-state index in [1.165, 1.54) is 6.92 Å². The van der Waals surface area contributed by atoms with E-state index in [2.05, 4.69) is 15.2 Å². The van der Waals surface area contributed by atoms with Gasteiger partial charge in [0.15, 0.2) is 0 Å².